The fourth-order valence-electron chi connectivity index (χ4n) is 0.858. The fraction of sp³-hybridized carbons (Fsp3) is 0.500. The minimum atomic E-state index is -0.959. The Kier molecular flexibility index (Phi) is 3.82. The van der Waals surface area contributed by atoms with E-state index in [0.29, 0.717) is 0 Å². The Morgan fingerprint density at radius 1 is 1.77 bits per heavy atom. The van der Waals surface area contributed by atoms with Crippen molar-refractivity contribution in [1.82, 2.24) is 9.97 Å². The highest BCUT2D eigenvalue weighted by molar-refractivity contribution is 7.98. The van der Waals surface area contributed by atoms with Crippen molar-refractivity contribution in [2.75, 3.05) is 5.75 Å². The maximum Gasteiger partial charge on any atom is 0.353 e. The highest BCUT2D eigenvalue weighted by Crippen LogP contribution is 2.09. The van der Waals surface area contributed by atoms with Gasteiger partial charge in [0.2, 0.25) is 0 Å². The first kappa shape index (κ1) is 10.1. The predicted octanol–water partition coefficient (Wildman–Crippen LogP) is 1.75. The van der Waals surface area contributed by atoms with E-state index in [1.165, 1.54) is 6.20 Å². The summed E-state index contributed by atoms with van der Waals surface area (Å²) in [7, 11) is 0. The van der Waals surface area contributed by atoms with E-state index in [4.69, 9.17) is 5.11 Å². The van der Waals surface area contributed by atoms with E-state index < -0.39 is 5.97 Å². The highest BCUT2D eigenvalue weighted by Gasteiger charge is 2.06. The largest absolute Gasteiger partial charge is 0.477 e. The van der Waals surface area contributed by atoms with Crippen LogP contribution in [-0.2, 0) is 5.75 Å². The number of H-pyrrole nitrogens is 1. The van der Waals surface area contributed by atoms with Gasteiger partial charge in [-0.25, -0.2) is 9.78 Å². The first-order valence-electron chi connectivity index (χ1n) is 4.09. The molecule has 1 heterocycles. The zero-order chi connectivity index (χ0) is 9.68. The van der Waals surface area contributed by atoms with Gasteiger partial charge in [-0.3, -0.25) is 0 Å². The van der Waals surface area contributed by atoms with Gasteiger partial charge < -0.3 is 10.1 Å². The zero-order valence-corrected chi connectivity index (χ0v) is 8.23. The molecule has 0 fully saturated rings. The second-order valence-corrected chi connectivity index (χ2v) is 3.71. The summed E-state index contributed by atoms with van der Waals surface area (Å²) in [6.45, 7) is 2.11. The lowest BCUT2D eigenvalue weighted by Gasteiger charge is -1.94. The van der Waals surface area contributed by atoms with Gasteiger partial charge in [-0.15, -0.1) is 0 Å². The summed E-state index contributed by atoms with van der Waals surface area (Å²) in [6, 6.07) is 0. The normalized spacial score (nSPS) is 10.2. The number of aromatic carboxylic acids is 1. The Balaban J connectivity index is 2.44. The van der Waals surface area contributed by atoms with Gasteiger partial charge in [-0.1, -0.05) is 6.92 Å². The van der Waals surface area contributed by atoms with E-state index in [2.05, 4.69) is 16.9 Å². The van der Waals surface area contributed by atoms with Crippen LogP contribution in [0.2, 0.25) is 0 Å². The molecule has 2 N–H and O–H groups in total. The van der Waals surface area contributed by atoms with Crippen LogP contribution in [0.5, 0.6) is 0 Å². The zero-order valence-electron chi connectivity index (χ0n) is 7.41. The third-order valence-electron chi connectivity index (χ3n) is 1.45. The maximum absolute atomic E-state index is 10.5. The quantitative estimate of drug-likeness (QED) is 0.711. The van der Waals surface area contributed by atoms with Crippen LogP contribution in [0.1, 0.15) is 29.7 Å². The first-order chi connectivity index (χ1) is 6.24. The van der Waals surface area contributed by atoms with Gasteiger partial charge in [0, 0.05) is 0 Å². The molecule has 0 atom stereocenters. The topological polar surface area (TPSA) is 66.0 Å². The van der Waals surface area contributed by atoms with E-state index in [1.54, 1.807) is 11.8 Å². The van der Waals surface area contributed by atoms with Crippen LogP contribution in [0.4, 0.5) is 0 Å². The number of hydrogen-bond donors (Lipinski definition) is 2. The van der Waals surface area contributed by atoms with Crippen molar-refractivity contribution in [3.8, 4) is 0 Å². The van der Waals surface area contributed by atoms with E-state index in [1.807, 2.05) is 0 Å². The Bertz CT molecular complexity index is 285. The number of carboxylic acid groups (broad SMARTS) is 1. The van der Waals surface area contributed by atoms with Crippen LogP contribution in [-0.4, -0.2) is 26.8 Å². The van der Waals surface area contributed by atoms with Crippen LogP contribution in [0.3, 0.4) is 0 Å². The van der Waals surface area contributed by atoms with Crippen molar-refractivity contribution in [3.05, 3.63) is 17.7 Å². The number of nitrogens with zero attached hydrogens (tertiary/aromatic N) is 1. The van der Waals surface area contributed by atoms with Crippen molar-refractivity contribution in [1.29, 1.82) is 0 Å². The van der Waals surface area contributed by atoms with Crippen molar-refractivity contribution in [2.24, 2.45) is 0 Å². The molecule has 0 aliphatic carbocycles. The van der Waals surface area contributed by atoms with Gasteiger partial charge in [0.25, 0.3) is 0 Å². The standard InChI is InChI=1S/C8H12N2O2S/c1-2-3-13-5-7-9-4-6(10-7)8(11)12/h4H,2-3,5H2,1H3,(H,9,10)(H,11,12). The molecule has 0 amide bonds. The lowest BCUT2D eigenvalue weighted by Crippen LogP contribution is -1.96. The summed E-state index contributed by atoms with van der Waals surface area (Å²) in [5.41, 5.74) is 0.159. The molecule has 0 radical (unpaired) electrons. The number of hydrogen-bond acceptors (Lipinski definition) is 3. The highest BCUT2D eigenvalue weighted by atomic mass is 32.2. The van der Waals surface area contributed by atoms with Crippen molar-refractivity contribution in [3.63, 3.8) is 0 Å². The van der Waals surface area contributed by atoms with E-state index >= 15 is 0 Å². The number of imidazole rings is 1. The molecule has 0 aliphatic heterocycles. The Labute approximate surface area is 80.8 Å². The molecule has 13 heavy (non-hydrogen) atoms. The number of aromatic amines is 1. The van der Waals surface area contributed by atoms with E-state index in [0.717, 1.165) is 23.8 Å². The van der Waals surface area contributed by atoms with Gasteiger partial charge in [-0.2, -0.15) is 11.8 Å². The Morgan fingerprint density at radius 2 is 2.54 bits per heavy atom. The minimum absolute atomic E-state index is 0.159. The third-order valence-corrected chi connectivity index (χ3v) is 2.62. The first-order valence-corrected chi connectivity index (χ1v) is 5.24. The maximum atomic E-state index is 10.5. The average molecular weight is 200 g/mol. The molecule has 0 spiro atoms. The molecule has 0 aliphatic rings. The molecule has 0 saturated carbocycles. The number of thioether (sulfide) groups is 1. The van der Waals surface area contributed by atoms with Crippen molar-refractivity contribution in [2.45, 2.75) is 19.1 Å². The van der Waals surface area contributed by atoms with E-state index in [9.17, 15) is 4.79 Å². The Morgan fingerprint density at radius 3 is 3.08 bits per heavy atom. The van der Waals surface area contributed by atoms with Crippen LogP contribution in [0, 0.1) is 0 Å². The number of rotatable bonds is 5. The number of nitrogens with one attached hydrogen (secondary N) is 1. The second-order valence-electron chi connectivity index (χ2n) is 2.60. The SMILES string of the molecule is CCCSCc1ncc(C(=O)O)[nH]1. The molecule has 1 rings (SSSR count). The summed E-state index contributed by atoms with van der Waals surface area (Å²) >= 11 is 1.74. The summed E-state index contributed by atoms with van der Waals surface area (Å²) < 4.78 is 0. The number of aromatic nitrogens is 2. The van der Waals surface area contributed by atoms with Crippen molar-refractivity contribution < 1.29 is 9.90 Å². The summed E-state index contributed by atoms with van der Waals surface area (Å²) in [5.74, 6) is 1.60. The van der Waals surface area contributed by atoms with Crippen molar-refractivity contribution >= 4 is 17.7 Å². The molecule has 0 aromatic carbocycles. The summed E-state index contributed by atoms with van der Waals surface area (Å²) in [6.07, 6.45) is 2.47. The lowest BCUT2D eigenvalue weighted by atomic mass is 10.5. The molecule has 0 unspecified atom stereocenters. The summed E-state index contributed by atoms with van der Waals surface area (Å²) in [4.78, 5) is 17.2. The smallest absolute Gasteiger partial charge is 0.353 e. The van der Waals surface area contributed by atoms with Gasteiger partial charge >= 0.3 is 5.97 Å². The second kappa shape index (κ2) is 4.91. The molecule has 72 valence electrons. The molecule has 1 aromatic rings. The fourth-order valence-corrected chi connectivity index (χ4v) is 1.63. The monoisotopic (exact) mass is 200 g/mol. The van der Waals surface area contributed by atoms with Gasteiger partial charge in [0.1, 0.15) is 11.5 Å². The minimum Gasteiger partial charge on any atom is -0.477 e. The van der Waals surface area contributed by atoms with Crippen LogP contribution in [0.15, 0.2) is 6.20 Å². The molecule has 1 aromatic heterocycles. The molecule has 0 saturated heterocycles. The number of carboxylic acids is 1. The molecular formula is C8H12N2O2S. The average Bonchev–Trinajstić information content (AvgIpc) is 2.53. The van der Waals surface area contributed by atoms with E-state index in [-0.39, 0.29) is 5.69 Å². The molecular weight excluding hydrogens is 188 g/mol. The molecule has 4 nitrogen and oxygen atoms in total. The van der Waals surface area contributed by atoms with Gasteiger partial charge in [0.15, 0.2) is 0 Å². The number of carbonyl (C=O) groups is 1. The Hall–Kier alpha value is -0.970. The third kappa shape index (κ3) is 3.10. The predicted molar refractivity (Wildman–Crippen MR) is 52.0 cm³/mol. The molecule has 5 heteroatoms. The van der Waals surface area contributed by atoms with Crippen LogP contribution < -0.4 is 0 Å². The van der Waals surface area contributed by atoms with Crippen LogP contribution in [0.25, 0.3) is 0 Å². The molecule has 0 bridgehead atoms. The van der Waals surface area contributed by atoms with Gasteiger partial charge in [-0.05, 0) is 12.2 Å². The van der Waals surface area contributed by atoms with Crippen LogP contribution >= 0.6 is 11.8 Å². The van der Waals surface area contributed by atoms with Gasteiger partial charge in [0.05, 0.1) is 11.9 Å². The summed E-state index contributed by atoms with van der Waals surface area (Å²) in [5, 5.41) is 8.59. The lowest BCUT2D eigenvalue weighted by molar-refractivity contribution is 0.0691.